The fourth-order valence-electron chi connectivity index (χ4n) is 2.38. The number of rotatable bonds is 3. The molecule has 0 saturated carbocycles. The maximum Gasteiger partial charge on any atom is 0.416 e. The van der Waals surface area contributed by atoms with E-state index in [1.807, 2.05) is 17.5 Å². The number of hydrogen-bond donors (Lipinski definition) is 0. The third-order valence-electron chi connectivity index (χ3n) is 3.84. The van der Waals surface area contributed by atoms with E-state index < -0.39 is 11.7 Å². The van der Waals surface area contributed by atoms with Gasteiger partial charge in [0.15, 0.2) is 0 Å². The molecule has 3 rings (SSSR count). The van der Waals surface area contributed by atoms with Crippen molar-refractivity contribution in [3.05, 3.63) is 65.0 Å². The van der Waals surface area contributed by atoms with Gasteiger partial charge in [0.25, 0.3) is 0 Å². The van der Waals surface area contributed by atoms with E-state index in [9.17, 15) is 13.2 Å². The van der Waals surface area contributed by atoms with Crippen molar-refractivity contribution < 1.29 is 13.2 Å². The number of thiazole rings is 1. The lowest BCUT2D eigenvalue weighted by atomic mass is 10.0. The van der Waals surface area contributed by atoms with Crippen LogP contribution in [0.4, 0.5) is 13.2 Å². The molecule has 1 nitrogen and oxygen atoms in total. The standard InChI is InChI=1S/C19H16F3NS/c1-12(2)13-3-5-15(6-4-13)18-23-17(11-24-18)14-7-9-16(10-8-14)19(20,21)22/h3-12H,1-2H3. The summed E-state index contributed by atoms with van der Waals surface area (Å²) in [6, 6.07) is 13.3. The number of alkyl halides is 3. The third kappa shape index (κ3) is 3.51. The molecule has 0 amide bonds. The summed E-state index contributed by atoms with van der Waals surface area (Å²) in [7, 11) is 0. The Balaban J connectivity index is 1.85. The second kappa shape index (κ2) is 6.40. The van der Waals surface area contributed by atoms with Crippen molar-refractivity contribution in [1.82, 2.24) is 4.98 Å². The Kier molecular flexibility index (Phi) is 4.45. The summed E-state index contributed by atoms with van der Waals surface area (Å²) in [6.07, 6.45) is -4.32. The normalized spacial score (nSPS) is 11.9. The fraction of sp³-hybridized carbons (Fsp3) is 0.211. The summed E-state index contributed by atoms with van der Waals surface area (Å²) in [5.74, 6) is 0.470. The lowest BCUT2D eigenvalue weighted by molar-refractivity contribution is -0.137. The summed E-state index contributed by atoms with van der Waals surface area (Å²) < 4.78 is 37.9. The van der Waals surface area contributed by atoms with Crippen LogP contribution in [-0.2, 0) is 6.18 Å². The molecule has 0 bridgehead atoms. The van der Waals surface area contributed by atoms with E-state index >= 15 is 0 Å². The Morgan fingerprint density at radius 1 is 0.875 bits per heavy atom. The van der Waals surface area contributed by atoms with Crippen LogP contribution in [0.25, 0.3) is 21.8 Å². The predicted molar refractivity (Wildman–Crippen MR) is 92.1 cm³/mol. The Labute approximate surface area is 142 Å². The van der Waals surface area contributed by atoms with Crippen LogP contribution < -0.4 is 0 Å². The highest BCUT2D eigenvalue weighted by molar-refractivity contribution is 7.13. The monoisotopic (exact) mass is 347 g/mol. The van der Waals surface area contributed by atoms with E-state index in [4.69, 9.17) is 0 Å². The number of nitrogens with zero attached hydrogens (tertiary/aromatic N) is 1. The highest BCUT2D eigenvalue weighted by atomic mass is 32.1. The molecular weight excluding hydrogens is 331 g/mol. The first kappa shape index (κ1) is 16.7. The summed E-state index contributed by atoms with van der Waals surface area (Å²) in [4.78, 5) is 4.55. The Bertz CT molecular complexity index is 815. The Morgan fingerprint density at radius 2 is 1.46 bits per heavy atom. The molecule has 0 N–H and O–H groups in total. The van der Waals surface area contributed by atoms with E-state index in [2.05, 4.69) is 31.0 Å². The molecule has 0 atom stereocenters. The van der Waals surface area contributed by atoms with Crippen molar-refractivity contribution >= 4 is 11.3 Å². The van der Waals surface area contributed by atoms with Gasteiger partial charge in [-0.25, -0.2) is 4.98 Å². The van der Waals surface area contributed by atoms with Crippen molar-refractivity contribution in [1.29, 1.82) is 0 Å². The van der Waals surface area contributed by atoms with Crippen LogP contribution in [0, 0.1) is 0 Å². The molecule has 0 fully saturated rings. The molecule has 124 valence electrons. The summed E-state index contributed by atoms with van der Waals surface area (Å²) in [5.41, 5.74) is 3.01. The van der Waals surface area contributed by atoms with Crippen LogP contribution in [0.2, 0.25) is 0 Å². The van der Waals surface area contributed by atoms with Gasteiger partial charge in [0.05, 0.1) is 11.3 Å². The van der Waals surface area contributed by atoms with Crippen LogP contribution in [0.15, 0.2) is 53.9 Å². The van der Waals surface area contributed by atoms with Crippen molar-refractivity contribution in [3.8, 4) is 21.8 Å². The Hall–Kier alpha value is -2.14. The van der Waals surface area contributed by atoms with Gasteiger partial charge < -0.3 is 0 Å². The zero-order valence-electron chi connectivity index (χ0n) is 13.3. The largest absolute Gasteiger partial charge is 0.416 e. The molecule has 5 heteroatoms. The van der Waals surface area contributed by atoms with E-state index in [-0.39, 0.29) is 0 Å². The van der Waals surface area contributed by atoms with Crippen molar-refractivity contribution in [3.63, 3.8) is 0 Å². The summed E-state index contributed by atoms with van der Waals surface area (Å²) >= 11 is 1.49. The van der Waals surface area contributed by atoms with Gasteiger partial charge in [0, 0.05) is 16.5 Å². The smallest absolute Gasteiger partial charge is 0.236 e. The van der Waals surface area contributed by atoms with E-state index in [0.717, 1.165) is 22.7 Å². The van der Waals surface area contributed by atoms with Gasteiger partial charge in [-0.2, -0.15) is 13.2 Å². The van der Waals surface area contributed by atoms with Crippen LogP contribution in [0.1, 0.15) is 30.9 Å². The van der Waals surface area contributed by atoms with E-state index in [1.54, 1.807) is 0 Å². The second-order valence-electron chi connectivity index (χ2n) is 5.89. The van der Waals surface area contributed by atoms with Gasteiger partial charge in [-0.1, -0.05) is 50.2 Å². The number of benzene rings is 2. The zero-order chi connectivity index (χ0) is 17.3. The second-order valence-corrected chi connectivity index (χ2v) is 6.75. The molecule has 3 aromatic rings. The summed E-state index contributed by atoms with van der Waals surface area (Å²) in [5, 5.41) is 2.73. The summed E-state index contributed by atoms with van der Waals surface area (Å²) in [6.45, 7) is 4.28. The maximum atomic E-state index is 12.6. The molecule has 2 aromatic carbocycles. The molecule has 0 saturated heterocycles. The average Bonchev–Trinajstić information content (AvgIpc) is 3.04. The highest BCUT2D eigenvalue weighted by Crippen LogP contribution is 2.33. The average molecular weight is 347 g/mol. The first-order valence-corrected chi connectivity index (χ1v) is 8.46. The third-order valence-corrected chi connectivity index (χ3v) is 4.73. The minimum atomic E-state index is -4.32. The molecule has 0 radical (unpaired) electrons. The van der Waals surface area contributed by atoms with Crippen LogP contribution in [0.5, 0.6) is 0 Å². The predicted octanol–water partition coefficient (Wildman–Crippen LogP) is 6.62. The fourth-order valence-corrected chi connectivity index (χ4v) is 3.21. The quantitative estimate of drug-likeness (QED) is 0.519. The van der Waals surface area contributed by atoms with Crippen LogP contribution >= 0.6 is 11.3 Å². The molecule has 0 aliphatic rings. The van der Waals surface area contributed by atoms with Gasteiger partial charge in [-0.3, -0.25) is 0 Å². The van der Waals surface area contributed by atoms with E-state index in [0.29, 0.717) is 17.2 Å². The highest BCUT2D eigenvalue weighted by Gasteiger charge is 2.30. The van der Waals surface area contributed by atoms with Crippen molar-refractivity contribution in [2.24, 2.45) is 0 Å². The maximum absolute atomic E-state index is 12.6. The van der Waals surface area contributed by atoms with Gasteiger partial charge in [0.2, 0.25) is 0 Å². The minimum Gasteiger partial charge on any atom is -0.236 e. The molecule has 0 aliphatic carbocycles. The van der Waals surface area contributed by atoms with Crippen LogP contribution in [-0.4, -0.2) is 4.98 Å². The van der Waals surface area contributed by atoms with Gasteiger partial charge in [-0.15, -0.1) is 11.3 Å². The SMILES string of the molecule is CC(C)c1ccc(-c2nc(-c3ccc(C(F)(F)F)cc3)cs2)cc1. The molecular formula is C19H16F3NS. The molecule has 1 aromatic heterocycles. The van der Waals surface area contributed by atoms with Crippen LogP contribution in [0.3, 0.4) is 0 Å². The lowest BCUT2D eigenvalue weighted by Crippen LogP contribution is -2.03. The number of aromatic nitrogens is 1. The number of halogens is 3. The lowest BCUT2D eigenvalue weighted by Gasteiger charge is -2.06. The molecule has 1 heterocycles. The zero-order valence-corrected chi connectivity index (χ0v) is 14.1. The van der Waals surface area contributed by atoms with Crippen molar-refractivity contribution in [2.75, 3.05) is 0 Å². The number of hydrogen-bond acceptors (Lipinski definition) is 2. The first-order valence-electron chi connectivity index (χ1n) is 7.58. The van der Waals surface area contributed by atoms with Crippen molar-refractivity contribution in [2.45, 2.75) is 25.9 Å². The van der Waals surface area contributed by atoms with Gasteiger partial charge in [0.1, 0.15) is 5.01 Å². The molecule has 24 heavy (non-hydrogen) atoms. The molecule has 0 aliphatic heterocycles. The minimum absolute atomic E-state index is 0.470. The first-order chi connectivity index (χ1) is 11.3. The topological polar surface area (TPSA) is 12.9 Å². The molecule has 0 unspecified atom stereocenters. The molecule has 0 spiro atoms. The van der Waals surface area contributed by atoms with Gasteiger partial charge >= 0.3 is 6.18 Å². The van der Waals surface area contributed by atoms with E-state index in [1.165, 1.54) is 29.0 Å². The Morgan fingerprint density at radius 3 is 2.00 bits per heavy atom. The van der Waals surface area contributed by atoms with Gasteiger partial charge in [-0.05, 0) is 23.6 Å².